The van der Waals surface area contributed by atoms with Gasteiger partial charge in [-0.2, -0.15) is 0 Å². The van der Waals surface area contributed by atoms with Gasteiger partial charge >= 0.3 is 6.09 Å². The van der Waals surface area contributed by atoms with Crippen LogP contribution in [0, 0.1) is 26.2 Å². The van der Waals surface area contributed by atoms with Crippen LogP contribution in [0.3, 0.4) is 0 Å². The number of nitrogens with zero attached hydrogens (tertiary/aromatic N) is 1. The molecule has 204 valence electrons. The lowest BCUT2D eigenvalue weighted by atomic mass is 9.90. The van der Waals surface area contributed by atoms with E-state index in [9.17, 15) is 14.4 Å². The number of terminal acetylenes is 1. The van der Waals surface area contributed by atoms with E-state index in [1.807, 2.05) is 52.8 Å². The van der Waals surface area contributed by atoms with Crippen molar-refractivity contribution in [2.45, 2.75) is 92.0 Å². The molecule has 0 fully saturated rings. The third-order valence-corrected chi connectivity index (χ3v) is 6.51. The molecule has 38 heavy (non-hydrogen) atoms. The molecular weight excluding hydrogens is 478 g/mol. The van der Waals surface area contributed by atoms with Crippen LogP contribution in [0.1, 0.15) is 83.2 Å². The molecule has 0 aliphatic heterocycles. The quantitative estimate of drug-likeness (QED) is 0.426. The fourth-order valence-corrected chi connectivity index (χ4v) is 4.17. The molecule has 2 rings (SSSR count). The van der Waals surface area contributed by atoms with Crippen molar-refractivity contribution >= 4 is 23.6 Å². The molecule has 2 aromatic carbocycles. The van der Waals surface area contributed by atoms with Crippen LogP contribution in [0.2, 0.25) is 0 Å². The summed E-state index contributed by atoms with van der Waals surface area (Å²) in [5, 5.41) is 5.69. The number of nitrogens with one attached hydrogen (secondary N) is 2. The molecule has 0 heterocycles. The summed E-state index contributed by atoms with van der Waals surface area (Å²) < 4.78 is 5.36. The molecule has 2 N–H and O–H groups in total. The van der Waals surface area contributed by atoms with Crippen molar-refractivity contribution in [3.8, 4) is 12.3 Å². The lowest BCUT2D eigenvalue weighted by Crippen LogP contribution is -2.58. The second-order valence-corrected chi connectivity index (χ2v) is 11.1. The van der Waals surface area contributed by atoms with Gasteiger partial charge in [0.1, 0.15) is 17.7 Å². The third-order valence-electron chi connectivity index (χ3n) is 6.51. The molecule has 2 aromatic rings. The Morgan fingerprint density at radius 1 is 1.00 bits per heavy atom. The normalized spacial score (nSPS) is 13.1. The van der Waals surface area contributed by atoms with Gasteiger partial charge in [-0.05, 0) is 84.6 Å². The number of hydrogen-bond donors (Lipinski definition) is 2. The lowest BCUT2D eigenvalue weighted by Gasteiger charge is -2.44. The smallest absolute Gasteiger partial charge is 0.408 e. The van der Waals surface area contributed by atoms with Crippen LogP contribution in [0.5, 0.6) is 0 Å². The van der Waals surface area contributed by atoms with Crippen LogP contribution in [0.25, 0.3) is 0 Å². The zero-order valence-corrected chi connectivity index (χ0v) is 24.1. The molecule has 0 spiro atoms. The molecule has 0 bridgehead atoms. The standard InChI is InChI=1S/C31H41N3O4/c1-11-23-18-13-14-19-24(23)26(27(35)33-25-20(3)16-15-17-21(25)4)34(31(9,10)12-2)28(36)22(5)32-29(37)38-30(6,7)8/h1,13-19,22,26H,12H2,2-10H3,(H,32,37)(H,33,35). The molecule has 3 amide bonds. The lowest BCUT2D eigenvalue weighted by molar-refractivity contribution is -0.147. The number of amides is 3. The van der Waals surface area contributed by atoms with Gasteiger partial charge < -0.3 is 20.3 Å². The Bertz CT molecular complexity index is 1200. The molecule has 2 atom stereocenters. The van der Waals surface area contributed by atoms with E-state index in [0.717, 1.165) is 11.1 Å². The summed E-state index contributed by atoms with van der Waals surface area (Å²) in [5.74, 6) is 1.83. The number of alkyl carbamates (subject to hydrolysis) is 1. The maximum Gasteiger partial charge on any atom is 0.408 e. The average molecular weight is 520 g/mol. The predicted octanol–water partition coefficient (Wildman–Crippen LogP) is 5.89. The molecule has 0 aliphatic carbocycles. The SMILES string of the molecule is C#Cc1ccccc1C(C(=O)Nc1c(C)cccc1C)N(C(=O)C(C)NC(=O)OC(C)(C)C)C(C)(C)CC. The molecular formula is C31H41N3O4. The predicted molar refractivity (Wildman–Crippen MR) is 152 cm³/mol. The van der Waals surface area contributed by atoms with Gasteiger partial charge in [-0.25, -0.2) is 4.79 Å². The molecule has 0 saturated heterocycles. The highest BCUT2D eigenvalue weighted by Gasteiger charge is 2.43. The second-order valence-electron chi connectivity index (χ2n) is 11.1. The largest absolute Gasteiger partial charge is 0.444 e. The Morgan fingerprint density at radius 3 is 2.11 bits per heavy atom. The second kappa shape index (κ2) is 12.2. The number of para-hydroxylation sites is 1. The Labute approximate surface area is 227 Å². The van der Waals surface area contributed by atoms with E-state index < -0.39 is 41.1 Å². The van der Waals surface area contributed by atoms with Gasteiger partial charge in [-0.1, -0.05) is 49.2 Å². The van der Waals surface area contributed by atoms with Crippen molar-refractivity contribution in [3.05, 3.63) is 64.7 Å². The van der Waals surface area contributed by atoms with Crippen LogP contribution >= 0.6 is 0 Å². The van der Waals surface area contributed by atoms with E-state index in [1.165, 1.54) is 4.90 Å². The van der Waals surface area contributed by atoms with E-state index in [-0.39, 0.29) is 0 Å². The number of benzene rings is 2. The summed E-state index contributed by atoms with van der Waals surface area (Å²) in [6.45, 7) is 16.4. The van der Waals surface area contributed by atoms with Crippen LogP contribution in [-0.2, 0) is 14.3 Å². The Kier molecular flexibility index (Phi) is 9.75. The number of rotatable bonds is 8. The van der Waals surface area contributed by atoms with Gasteiger partial charge in [-0.3, -0.25) is 9.59 Å². The zero-order chi connectivity index (χ0) is 28.8. The number of carbonyl (C=O) groups is 3. The summed E-state index contributed by atoms with van der Waals surface area (Å²) in [7, 11) is 0. The highest BCUT2D eigenvalue weighted by Crippen LogP contribution is 2.35. The maximum absolute atomic E-state index is 14.1. The first-order valence-corrected chi connectivity index (χ1v) is 12.9. The van der Waals surface area contributed by atoms with Crippen LogP contribution in [0.15, 0.2) is 42.5 Å². The van der Waals surface area contributed by atoms with Crippen molar-refractivity contribution in [1.29, 1.82) is 0 Å². The fraction of sp³-hybridized carbons (Fsp3) is 0.452. The highest BCUT2D eigenvalue weighted by molar-refractivity contribution is 6.00. The Morgan fingerprint density at radius 2 is 1.58 bits per heavy atom. The fourth-order valence-electron chi connectivity index (χ4n) is 4.17. The van der Waals surface area contributed by atoms with Crippen molar-refractivity contribution < 1.29 is 19.1 Å². The minimum absolute atomic E-state index is 0.399. The summed E-state index contributed by atoms with van der Waals surface area (Å²) in [4.78, 5) is 42.3. The molecule has 2 unspecified atom stereocenters. The van der Waals surface area contributed by atoms with Gasteiger partial charge in [0.15, 0.2) is 0 Å². The highest BCUT2D eigenvalue weighted by atomic mass is 16.6. The topological polar surface area (TPSA) is 87.7 Å². The number of aryl methyl sites for hydroxylation is 2. The number of carbonyl (C=O) groups excluding carboxylic acids is 3. The summed E-state index contributed by atoms with van der Waals surface area (Å²) in [5.41, 5.74) is 2.01. The maximum atomic E-state index is 14.1. The minimum Gasteiger partial charge on any atom is -0.444 e. The molecule has 0 radical (unpaired) electrons. The van der Waals surface area contributed by atoms with E-state index in [4.69, 9.17) is 11.2 Å². The number of anilines is 1. The van der Waals surface area contributed by atoms with E-state index >= 15 is 0 Å². The average Bonchev–Trinajstić information content (AvgIpc) is 2.82. The van der Waals surface area contributed by atoms with Crippen LogP contribution in [-0.4, -0.2) is 40.0 Å². The van der Waals surface area contributed by atoms with Crippen LogP contribution < -0.4 is 10.6 Å². The van der Waals surface area contributed by atoms with Gasteiger partial charge in [0.05, 0.1) is 0 Å². The van der Waals surface area contributed by atoms with Crippen molar-refractivity contribution in [1.82, 2.24) is 10.2 Å². The molecule has 7 heteroatoms. The van der Waals surface area contributed by atoms with E-state index in [2.05, 4.69) is 16.6 Å². The first-order valence-electron chi connectivity index (χ1n) is 12.9. The molecule has 0 saturated carbocycles. The molecule has 0 aromatic heterocycles. The van der Waals surface area contributed by atoms with E-state index in [1.54, 1.807) is 52.0 Å². The summed E-state index contributed by atoms with van der Waals surface area (Å²) >= 11 is 0. The third kappa shape index (κ3) is 7.38. The molecule has 0 aliphatic rings. The van der Waals surface area contributed by atoms with E-state index in [0.29, 0.717) is 23.2 Å². The Hall–Kier alpha value is -3.79. The summed E-state index contributed by atoms with van der Waals surface area (Å²) in [6, 6.07) is 10.8. The van der Waals surface area contributed by atoms with Crippen molar-refractivity contribution in [3.63, 3.8) is 0 Å². The van der Waals surface area contributed by atoms with Gasteiger partial charge in [0.2, 0.25) is 5.91 Å². The van der Waals surface area contributed by atoms with Gasteiger partial charge in [-0.15, -0.1) is 6.42 Å². The van der Waals surface area contributed by atoms with Gasteiger partial charge in [0.25, 0.3) is 5.91 Å². The zero-order valence-electron chi connectivity index (χ0n) is 24.1. The number of ether oxygens (including phenoxy) is 1. The summed E-state index contributed by atoms with van der Waals surface area (Å²) in [6.07, 6.45) is 5.66. The first-order chi connectivity index (χ1) is 17.6. The number of hydrogen-bond acceptors (Lipinski definition) is 4. The van der Waals surface area contributed by atoms with Crippen molar-refractivity contribution in [2.24, 2.45) is 0 Å². The molecule has 7 nitrogen and oxygen atoms in total. The first kappa shape index (κ1) is 30.4. The minimum atomic E-state index is -1.06. The van der Waals surface area contributed by atoms with Crippen LogP contribution in [0.4, 0.5) is 10.5 Å². The van der Waals surface area contributed by atoms with Gasteiger partial charge in [0, 0.05) is 16.8 Å². The Balaban J connectivity index is 2.65. The van der Waals surface area contributed by atoms with Crippen molar-refractivity contribution in [2.75, 3.05) is 5.32 Å². The monoisotopic (exact) mass is 519 g/mol.